The van der Waals surface area contributed by atoms with Crippen LogP contribution in [-0.2, 0) is 36.1 Å². The van der Waals surface area contributed by atoms with Gasteiger partial charge in [-0.3, -0.25) is 4.68 Å². The summed E-state index contributed by atoms with van der Waals surface area (Å²) in [4.78, 5) is 13.0. The molecule has 1 N–H and O–H groups in total. The van der Waals surface area contributed by atoms with E-state index in [2.05, 4.69) is 21.8 Å². The first-order chi connectivity index (χ1) is 14.6. The number of aromatic nitrogens is 3. The molecule has 0 amide bonds. The highest BCUT2D eigenvalue weighted by atomic mass is 16.5. The highest BCUT2D eigenvalue weighted by molar-refractivity contribution is 6.04. The number of ether oxygens (including phenoxy) is 2. The molecule has 3 aromatic rings. The Balaban J connectivity index is 2.07. The molecule has 0 atom stereocenters. The summed E-state index contributed by atoms with van der Waals surface area (Å²) in [6.07, 6.45) is 2.00. The lowest BCUT2D eigenvalue weighted by molar-refractivity contribution is 0.0511. The SMILES string of the molecule is CCOC(=O)c1c(CCCO)c2cccc3c2n1CCCOCc1c-3c(C)nn1C. The minimum atomic E-state index is -0.311. The second kappa shape index (κ2) is 8.62. The molecule has 0 aliphatic carbocycles. The van der Waals surface area contributed by atoms with Gasteiger partial charge in [0.2, 0.25) is 0 Å². The van der Waals surface area contributed by atoms with Gasteiger partial charge >= 0.3 is 5.97 Å². The molecule has 3 heterocycles. The lowest BCUT2D eigenvalue weighted by atomic mass is 9.98. The molecule has 160 valence electrons. The van der Waals surface area contributed by atoms with Gasteiger partial charge in [0.05, 0.1) is 30.1 Å². The van der Waals surface area contributed by atoms with Crippen molar-refractivity contribution in [3.8, 4) is 11.1 Å². The Bertz CT molecular complexity index is 1080. The second-order valence-electron chi connectivity index (χ2n) is 7.67. The van der Waals surface area contributed by atoms with Crippen molar-refractivity contribution in [3.05, 3.63) is 40.8 Å². The Kier molecular flexibility index (Phi) is 5.92. The number of aryl methyl sites for hydroxylation is 4. The molecule has 1 aliphatic heterocycles. The van der Waals surface area contributed by atoms with E-state index >= 15 is 0 Å². The number of hydrogen-bond acceptors (Lipinski definition) is 5. The van der Waals surface area contributed by atoms with Crippen LogP contribution >= 0.6 is 0 Å². The predicted octanol–water partition coefficient (Wildman–Crippen LogP) is 3.37. The average molecular weight is 412 g/mol. The molecule has 0 radical (unpaired) electrons. The van der Waals surface area contributed by atoms with Crippen molar-refractivity contribution in [3.63, 3.8) is 0 Å². The van der Waals surface area contributed by atoms with Crippen LogP contribution < -0.4 is 0 Å². The van der Waals surface area contributed by atoms with E-state index in [4.69, 9.17) is 9.47 Å². The summed E-state index contributed by atoms with van der Waals surface area (Å²) in [6, 6.07) is 6.19. The van der Waals surface area contributed by atoms with Gasteiger partial charge < -0.3 is 19.1 Å². The zero-order chi connectivity index (χ0) is 21.3. The number of rotatable bonds is 5. The van der Waals surface area contributed by atoms with E-state index in [0.29, 0.717) is 44.9 Å². The number of para-hydroxylation sites is 1. The molecule has 1 aromatic carbocycles. The molecule has 7 nitrogen and oxygen atoms in total. The Morgan fingerprint density at radius 3 is 2.97 bits per heavy atom. The normalized spacial score (nSPS) is 14.0. The van der Waals surface area contributed by atoms with Gasteiger partial charge in [0.1, 0.15) is 5.69 Å². The first-order valence-corrected chi connectivity index (χ1v) is 10.6. The molecule has 1 aliphatic rings. The summed E-state index contributed by atoms with van der Waals surface area (Å²) >= 11 is 0. The quantitative estimate of drug-likeness (QED) is 0.651. The molecule has 4 rings (SSSR count). The smallest absolute Gasteiger partial charge is 0.355 e. The third-order valence-corrected chi connectivity index (χ3v) is 5.76. The number of hydrogen-bond donors (Lipinski definition) is 1. The largest absolute Gasteiger partial charge is 0.461 e. The maximum absolute atomic E-state index is 13.0. The zero-order valence-electron chi connectivity index (χ0n) is 17.9. The number of esters is 1. The van der Waals surface area contributed by atoms with Crippen molar-refractivity contribution >= 4 is 16.9 Å². The van der Waals surface area contributed by atoms with Gasteiger partial charge in [0, 0.05) is 43.3 Å². The van der Waals surface area contributed by atoms with Crippen LogP contribution in [-0.4, -0.2) is 45.2 Å². The molecule has 30 heavy (non-hydrogen) atoms. The molecule has 7 heteroatoms. The molecule has 2 aromatic heterocycles. The van der Waals surface area contributed by atoms with Crippen molar-refractivity contribution < 1.29 is 19.4 Å². The van der Waals surface area contributed by atoms with Crippen LogP contribution in [0.25, 0.3) is 22.0 Å². The standard InChI is InChI=1S/C23H29N3O4/c1-4-30-23(28)22-17(10-6-12-27)16-8-5-9-18-20-15(2)24-25(3)19(20)14-29-13-7-11-26(22)21(16)18/h5,8-9,27H,4,6-7,10-14H2,1-3H3. The van der Waals surface area contributed by atoms with Crippen molar-refractivity contribution in [1.82, 2.24) is 14.3 Å². The third-order valence-electron chi connectivity index (χ3n) is 5.76. The highest BCUT2D eigenvalue weighted by Crippen LogP contribution is 2.39. The monoisotopic (exact) mass is 411 g/mol. The van der Waals surface area contributed by atoms with Gasteiger partial charge in [-0.2, -0.15) is 5.10 Å². The van der Waals surface area contributed by atoms with Crippen molar-refractivity contribution in [2.75, 3.05) is 19.8 Å². The average Bonchev–Trinajstić information content (AvgIpc) is 3.20. The fourth-order valence-electron chi connectivity index (χ4n) is 4.56. The lowest BCUT2D eigenvalue weighted by Crippen LogP contribution is -2.16. The number of benzene rings is 1. The van der Waals surface area contributed by atoms with Gasteiger partial charge in [0.15, 0.2) is 0 Å². The fraction of sp³-hybridized carbons (Fsp3) is 0.478. The molecule has 0 fully saturated rings. The molecule has 0 spiro atoms. The first-order valence-electron chi connectivity index (χ1n) is 10.6. The summed E-state index contributed by atoms with van der Waals surface area (Å²) in [7, 11) is 1.94. The highest BCUT2D eigenvalue weighted by Gasteiger charge is 2.27. The summed E-state index contributed by atoms with van der Waals surface area (Å²) in [6.45, 7) is 5.99. The number of aliphatic hydroxyl groups excluding tert-OH is 1. The molecule has 0 saturated carbocycles. The number of nitrogens with zero attached hydrogens (tertiary/aromatic N) is 3. The summed E-state index contributed by atoms with van der Waals surface area (Å²) in [5, 5.41) is 15.1. The second-order valence-corrected chi connectivity index (χ2v) is 7.67. The van der Waals surface area contributed by atoms with Crippen LogP contribution in [0.3, 0.4) is 0 Å². The van der Waals surface area contributed by atoms with E-state index < -0.39 is 0 Å². The van der Waals surface area contributed by atoms with Crippen LogP contribution in [0.5, 0.6) is 0 Å². The van der Waals surface area contributed by atoms with Crippen molar-refractivity contribution in [2.45, 2.75) is 46.3 Å². The van der Waals surface area contributed by atoms with Crippen LogP contribution in [0, 0.1) is 6.92 Å². The number of carbonyl (C=O) groups excluding carboxylic acids is 1. The van der Waals surface area contributed by atoms with E-state index in [1.807, 2.05) is 31.6 Å². The third kappa shape index (κ3) is 3.42. The molecule has 0 bridgehead atoms. The summed E-state index contributed by atoms with van der Waals surface area (Å²) in [5.41, 5.74) is 6.66. The van der Waals surface area contributed by atoms with Crippen LogP contribution in [0.4, 0.5) is 0 Å². The molecule has 0 saturated heterocycles. The lowest BCUT2D eigenvalue weighted by Gasteiger charge is -2.16. The first kappa shape index (κ1) is 20.6. The Morgan fingerprint density at radius 2 is 2.20 bits per heavy atom. The van der Waals surface area contributed by atoms with Gasteiger partial charge in [-0.15, -0.1) is 0 Å². The van der Waals surface area contributed by atoms with Gasteiger partial charge in [-0.05, 0) is 38.7 Å². The minimum absolute atomic E-state index is 0.0777. The van der Waals surface area contributed by atoms with Gasteiger partial charge in [-0.1, -0.05) is 18.2 Å². The topological polar surface area (TPSA) is 78.5 Å². The minimum Gasteiger partial charge on any atom is -0.461 e. The van der Waals surface area contributed by atoms with Crippen LogP contribution in [0.2, 0.25) is 0 Å². The fourth-order valence-corrected chi connectivity index (χ4v) is 4.56. The van der Waals surface area contributed by atoms with Crippen LogP contribution in [0.15, 0.2) is 18.2 Å². The molecular formula is C23H29N3O4. The van der Waals surface area contributed by atoms with E-state index in [1.165, 1.54) is 0 Å². The number of carbonyl (C=O) groups is 1. The van der Waals surface area contributed by atoms with E-state index in [1.54, 1.807) is 0 Å². The maximum Gasteiger partial charge on any atom is 0.355 e. The summed E-state index contributed by atoms with van der Waals surface area (Å²) < 4.78 is 15.4. The Labute approximate surface area is 176 Å². The van der Waals surface area contributed by atoms with Crippen LogP contribution in [0.1, 0.15) is 47.2 Å². The van der Waals surface area contributed by atoms with E-state index in [-0.39, 0.29) is 12.6 Å². The number of aliphatic hydroxyl groups is 1. The molecular weight excluding hydrogens is 382 g/mol. The maximum atomic E-state index is 13.0. The van der Waals surface area contributed by atoms with E-state index in [0.717, 1.165) is 45.4 Å². The summed E-state index contributed by atoms with van der Waals surface area (Å²) in [5.74, 6) is -0.311. The predicted molar refractivity (Wildman–Crippen MR) is 115 cm³/mol. The molecule has 0 unspecified atom stereocenters. The van der Waals surface area contributed by atoms with Crippen molar-refractivity contribution in [1.29, 1.82) is 0 Å². The van der Waals surface area contributed by atoms with Gasteiger partial charge in [0.25, 0.3) is 0 Å². The van der Waals surface area contributed by atoms with Gasteiger partial charge in [-0.25, -0.2) is 4.79 Å². The Hall–Kier alpha value is -2.64. The zero-order valence-corrected chi connectivity index (χ0v) is 17.9. The van der Waals surface area contributed by atoms with Crippen molar-refractivity contribution in [2.24, 2.45) is 7.05 Å². The number of fused-ring (bicyclic) bond motifs is 2. The van der Waals surface area contributed by atoms with E-state index in [9.17, 15) is 9.90 Å². The Morgan fingerprint density at radius 1 is 1.37 bits per heavy atom.